The lowest BCUT2D eigenvalue weighted by Gasteiger charge is -2.31. The molecule has 2 aliphatic rings. The highest BCUT2D eigenvalue weighted by atomic mass is 16.2. The molecule has 3 amide bonds. The Balaban J connectivity index is 2.16. The van der Waals surface area contributed by atoms with Crippen molar-refractivity contribution >= 4 is 23.7 Å². The van der Waals surface area contributed by atoms with Crippen LogP contribution in [0.4, 0.5) is 4.79 Å². The summed E-state index contributed by atoms with van der Waals surface area (Å²) in [6.45, 7) is 10.9. The number of carbonyl (C=O) groups excluding carboxylic acids is 2. The molecule has 1 saturated heterocycles. The van der Waals surface area contributed by atoms with Gasteiger partial charge >= 0.3 is 12.0 Å². The number of amides is 3. The van der Waals surface area contributed by atoms with Crippen LogP contribution in [0.2, 0.25) is 0 Å². The van der Waals surface area contributed by atoms with Gasteiger partial charge in [-0.05, 0) is 33.1 Å². The Bertz CT molecular complexity index is 848. The fourth-order valence-corrected chi connectivity index (χ4v) is 3.30. The molecule has 1 fully saturated rings. The van der Waals surface area contributed by atoms with Crippen molar-refractivity contribution in [2.45, 2.75) is 47.1 Å². The third kappa shape index (κ3) is 2.64. The number of amidine groups is 1. The van der Waals surface area contributed by atoms with Crippen molar-refractivity contribution in [1.29, 1.82) is 0 Å². The number of nitrogens with zero attached hydrogens (tertiary/aromatic N) is 6. The number of rotatable bonds is 3. The van der Waals surface area contributed by atoms with Crippen LogP contribution in [-0.2, 0) is 4.79 Å². The summed E-state index contributed by atoms with van der Waals surface area (Å²) in [5.74, 6) is 1.33. The SMILES string of the molecule is Cc1nn(C2=[N+](CCC(C)C)C3C(=O)N(C)C(=O)N(C)C3=N2)c(C)c1C. The summed E-state index contributed by atoms with van der Waals surface area (Å²) in [4.78, 5) is 32.5. The second-order valence-corrected chi connectivity index (χ2v) is 7.49. The standard InChI is InChI=1S/C18H27N6O2/c1-10(2)8-9-23-14-15(21(6)18(26)22(7)16(14)25)19-17(23)24-13(5)11(3)12(4)20-24/h10,14H,8-9H2,1-7H3/q+1. The molecule has 0 N–H and O–H groups in total. The largest absolute Gasteiger partial charge is 0.421 e. The first-order valence-electron chi connectivity index (χ1n) is 8.95. The molecule has 1 aromatic heterocycles. The predicted octanol–water partition coefficient (Wildman–Crippen LogP) is 1.38. The Morgan fingerprint density at radius 3 is 2.31 bits per heavy atom. The molecule has 8 heteroatoms. The van der Waals surface area contributed by atoms with Crippen LogP contribution in [0.1, 0.15) is 37.2 Å². The average Bonchev–Trinajstić information content (AvgIpc) is 3.09. The Labute approximate surface area is 153 Å². The van der Waals surface area contributed by atoms with Crippen LogP contribution < -0.4 is 0 Å². The maximum absolute atomic E-state index is 12.9. The first-order valence-corrected chi connectivity index (χ1v) is 8.95. The van der Waals surface area contributed by atoms with E-state index in [1.807, 2.05) is 25.3 Å². The smallest absolute Gasteiger partial charge is 0.270 e. The number of likely N-dealkylation sites (N-methyl/N-ethyl adjacent to an activating group) is 2. The molecule has 1 aromatic rings. The zero-order valence-corrected chi connectivity index (χ0v) is 16.6. The molecular weight excluding hydrogens is 332 g/mol. The summed E-state index contributed by atoms with van der Waals surface area (Å²) in [6.07, 6.45) is 0.912. The van der Waals surface area contributed by atoms with E-state index in [1.165, 1.54) is 16.8 Å². The van der Waals surface area contributed by atoms with Gasteiger partial charge < -0.3 is 0 Å². The number of aliphatic imine (C=N–C) groups is 1. The Morgan fingerprint density at radius 2 is 1.77 bits per heavy atom. The second-order valence-electron chi connectivity index (χ2n) is 7.49. The van der Waals surface area contributed by atoms with Crippen LogP contribution >= 0.6 is 0 Å². The number of urea groups is 1. The van der Waals surface area contributed by atoms with Gasteiger partial charge in [0, 0.05) is 19.7 Å². The number of aryl methyl sites for hydroxylation is 1. The molecule has 0 aliphatic carbocycles. The van der Waals surface area contributed by atoms with Crippen LogP contribution in [0.15, 0.2) is 4.99 Å². The normalized spacial score (nSPS) is 20.5. The molecule has 0 radical (unpaired) electrons. The van der Waals surface area contributed by atoms with E-state index in [0.717, 1.165) is 23.4 Å². The Morgan fingerprint density at radius 1 is 1.12 bits per heavy atom. The van der Waals surface area contributed by atoms with Crippen molar-refractivity contribution in [2.24, 2.45) is 10.9 Å². The predicted molar refractivity (Wildman–Crippen MR) is 98.6 cm³/mol. The summed E-state index contributed by atoms with van der Waals surface area (Å²) in [5.41, 5.74) is 3.02. The average molecular weight is 359 g/mol. The number of carbonyl (C=O) groups is 2. The molecular formula is C18H27N6O2+. The van der Waals surface area contributed by atoms with Gasteiger partial charge in [-0.15, -0.1) is 9.78 Å². The molecule has 2 aliphatic heterocycles. The molecule has 140 valence electrons. The van der Waals surface area contributed by atoms with Gasteiger partial charge in [0.1, 0.15) is 5.69 Å². The minimum atomic E-state index is -0.583. The number of fused-ring (bicyclic) bond motifs is 1. The molecule has 0 saturated carbocycles. The molecule has 1 atom stereocenters. The maximum Gasteiger partial charge on any atom is 0.421 e. The van der Waals surface area contributed by atoms with Crippen molar-refractivity contribution in [3.05, 3.63) is 17.0 Å². The van der Waals surface area contributed by atoms with E-state index in [1.54, 1.807) is 11.7 Å². The van der Waals surface area contributed by atoms with Gasteiger partial charge in [0.15, 0.2) is 0 Å². The molecule has 0 bridgehead atoms. The summed E-state index contributed by atoms with van der Waals surface area (Å²) in [5, 5.41) is 4.62. The summed E-state index contributed by atoms with van der Waals surface area (Å²) < 4.78 is 3.78. The van der Waals surface area contributed by atoms with E-state index >= 15 is 0 Å². The van der Waals surface area contributed by atoms with Gasteiger partial charge in [0.2, 0.25) is 11.9 Å². The second kappa shape index (κ2) is 6.34. The highest BCUT2D eigenvalue weighted by Crippen LogP contribution is 2.22. The fourth-order valence-electron chi connectivity index (χ4n) is 3.30. The van der Waals surface area contributed by atoms with Crippen LogP contribution in [0.25, 0.3) is 0 Å². The Hall–Kier alpha value is -2.51. The lowest BCUT2D eigenvalue weighted by Crippen LogP contribution is -2.61. The van der Waals surface area contributed by atoms with E-state index in [0.29, 0.717) is 24.3 Å². The molecule has 26 heavy (non-hydrogen) atoms. The van der Waals surface area contributed by atoms with E-state index in [9.17, 15) is 9.59 Å². The van der Waals surface area contributed by atoms with E-state index in [4.69, 9.17) is 0 Å². The van der Waals surface area contributed by atoms with Crippen LogP contribution in [0.5, 0.6) is 0 Å². The third-order valence-electron chi connectivity index (χ3n) is 5.30. The minimum Gasteiger partial charge on any atom is -0.270 e. The Kier molecular flexibility index (Phi) is 4.46. The topological polar surface area (TPSA) is 73.8 Å². The lowest BCUT2D eigenvalue weighted by molar-refractivity contribution is -0.538. The maximum atomic E-state index is 12.9. The molecule has 3 heterocycles. The molecule has 1 unspecified atom stereocenters. The molecule has 3 rings (SSSR count). The van der Waals surface area contributed by atoms with Crippen molar-refractivity contribution in [3.8, 4) is 0 Å². The molecule has 8 nitrogen and oxygen atoms in total. The number of hydrogen-bond donors (Lipinski definition) is 0. The van der Waals surface area contributed by atoms with E-state index in [-0.39, 0.29) is 11.9 Å². The first kappa shape index (κ1) is 18.3. The van der Waals surface area contributed by atoms with Crippen LogP contribution in [-0.4, -0.2) is 74.6 Å². The first-order chi connectivity index (χ1) is 12.1. The molecule has 0 aromatic carbocycles. The fraction of sp³-hybridized carbons (Fsp3) is 0.611. The van der Waals surface area contributed by atoms with Crippen molar-refractivity contribution in [3.63, 3.8) is 0 Å². The quantitative estimate of drug-likeness (QED) is 0.765. The minimum absolute atomic E-state index is 0.246. The van der Waals surface area contributed by atoms with Crippen LogP contribution in [0.3, 0.4) is 0 Å². The number of imide groups is 1. The van der Waals surface area contributed by atoms with Crippen LogP contribution in [0, 0.1) is 26.7 Å². The zero-order valence-electron chi connectivity index (χ0n) is 16.6. The van der Waals surface area contributed by atoms with Crippen molar-refractivity contribution < 1.29 is 14.2 Å². The zero-order chi connectivity index (χ0) is 19.3. The van der Waals surface area contributed by atoms with Gasteiger partial charge in [0.05, 0.1) is 12.2 Å². The summed E-state index contributed by atoms with van der Waals surface area (Å²) in [7, 11) is 3.18. The van der Waals surface area contributed by atoms with Gasteiger partial charge in [-0.25, -0.2) is 9.37 Å². The van der Waals surface area contributed by atoms with Gasteiger partial charge in [-0.3, -0.25) is 14.6 Å². The number of aromatic nitrogens is 2. The van der Waals surface area contributed by atoms with Gasteiger partial charge in [-0.1, -0.05) is 18.8 Å². The number of hydrogen-bond acceptors (Lipinski definition) is 4. The molecule has 0 spiro atoms. The van der Waals surface area contributed by atoms with Crippen molar-refractivity contribution in [1.82, 2.24) is 19.6 Å². The summed E-state index contributed by atoms with van der Waals surface area (Å²) in [6, 6.07) is -0.944. The van der Waals surface area contributed by atoms with E-state index < -0.39 is 6.04 Å². The van der Waals surface area contributed by atoms with E-state index in [2.05, 4.69) is 23.9 Å². The van der Waals surface area contributed by atoms with Crippen molar-refractivity contribution in [2.75, 3.05) is 20.6 Å². The van der Waals surface area contributed by atoms with Gasteiger partial charge in [0.25, 0.3) is 5.91 Å². The highest BCUT2D eigenvalue weighted by Gasteiger charge is 2.52. The third-order valence-corrected chi connectivity index (χ3v) is 5.30. The summed E-state index contributed by atoms with van der Waals surface area (Å²) >= 11 is 0. The lowest BCUT2D eigenvalue weighted by atomic mass is 10.1. The monoisotopic (exact) mass is 359 g/mol. The van der Waals surface area contributed by atoms with Gasteiger partial charge in [-0.2, -0.15) is 0 Å². The highest BCUT2D eigenvalue weighted by molar-refractivity contribution is 6.22.